The van der Waals surface area contributed by atoms with Crippen LogP contribution in [0.2, 0.25) is 0 Å². The SMILES string of the molecule is CCNC(CC1CCN(C)CC1)C(=O)O. The van der Waals surface area contributed by atoms with E-state index in [-0.39, 0.29) is 6.04 Å². The lowest BCUT2D eigenvalue weighted by molar-refractivity contribution is -0.140. The molecule has 0 aromatic carbocycles. The molecular weight excluding hydrogens is 192 g/mol. The molecular formula is C11H22N2O2. The number of carboxylic acids is 1. The molecule has 1 heterocycles. The fraction of sp³-hybridized carbons (Fsp3) is 0.909. The van der Waals surface area contributed by atoms with Crippen LogP contribution in [0.5, 0.6) is 0 Å². The minimum Gasteiger partial charge on any atom is -0.480 e. The van der Waals surface area contributed by atoms with E-state index < -0.39 is 5.97 Å². The summed E-state index contributed by atoms with van der Waals surface area (Å²) in [7, 11) is 2.12. The molecule has 1 saturated heterocycles. The van der Waals surface area contributed by atoms with E-state index in [0.717, 1.165) is 38.9 Å². The average molecular weight is 214 g/mol. The summed E-state index contributed by atoms with van der Waals surface area (Å²) in [6, 6.07) is -0.358. The fourth-order valence-corrected chi connectivity index (χ4v) is 2.15. The van der Waals surface area contributed by atoms with Gasteiger partial charge in [0.1, 0.15) is 6.04 Å². The topological polar surface area (TPSA) is 52.6 Å². The molecule has 4 heteroatoms. The molecule has 4 nitrogen and oxygen atoms in total. The zero-order valence-electron chi connectivity index (χ0n) is 9.70. The van der Waals surface area contributed by atoms with Gasteiger partial charge in [0.2, 0.25) is 0 Å². The highest BCUT2D eigenvalue weighted by Gasteiger charge is 2.24. The van der Waals surface area contributed by atoms with Crippen LogP contribution < -0.4 is 5.32 Å². The molecule has 0 amide bonds. The van der Waals surface area contributed by atoms with Gasteiger partial charge in [-0.05, 0) is 51.9 Å². The van der Waals surface area contributed by atoms with Crippen molar-refractivity contribution < 1.29 is 9.90 Å². The predicted octanol–water partition coefficient (Wildman–Crippen LogP) is 0.781. The van der Waals surface area contributed by atoms with Gasteiger partial charge in [-0.2, -0.15) is 0 Å². The van der Waals surface area contributed by atoms with Crippen molar-refractivity contribution in [3.05, 3.63) is 0 Å². The molecule has 0 aliphatic carbocycles. The van der Waals surface area contributed by atoms with Crippen molar-refractivity contribution in [2.75, 3.05) is 26.7 Å². The Bertz CT molecular complexity index is 201. The first kappa shape index (κ1) is 12.5. The Morgan fingerprint density at radius 1 is 1.53 bits per heavy atom. The molecule has 15 heavy (non-hydrogen) atoms. The van der Waals surface area contributed by atoms with Crippen LogP contribution in [-0.4, -0.2) is 48.7 Å². The van der Waals surface area contributed by atoms with E-state index >= 15 is 0 Å². The third kappa shape index (κ3) is 4.18. The van der Waals surface area contributed by atoms with Gasteiger partial charge in [-0.1, -0.05) is 6.92 Å². The molecule has 0 radical (unpaired) electrons. The van der Waals surface area contributed by atoms with Gasteiger partial charge in [-0.3, -0.25) is 4.79 Å². The number of carbonyl (C=O) groups is 1. The largest absolute Gasteiger partial charge is 0.480 e. The number of hydrogen-bond acceptors (Lipinski definition) is 3. The first-order chi connectivity index (χ1) is 7.13. The van der Waals surface area contributed by atoms with Crippen LogP contribution in [0.15, 0.2) is 0 Å². The van der Waals surface area contributed by atoms with Crippen LogP contribution in [-0.2, 0) is 4.79 Å². The minimum atomic E-state index is -0.712. The second-order valence-electron chi connectivity index (χ2n) is 4.43. The first-order valence-electron chi connectivity index (χ1n) is 5.78. The van der Waals surface area contributed by atoms with E-state index in [0.29, 0.717) is 5.92 Å². The Balaban J connectivity index is 2.34. The Labute approximate surface area is 91.6 Å². The third-order valence-electron chi connectivity index (χ3n) is 3.16. The molecule has 1 aliphatic rings. The summed E-state index contributed by atoms with van der Waals surface area (Å²) in [5, 5.41) is 12.0. The molecule has 1 fully saturated rings. The van der Waals surface area contributed by atoms with Crippen molar-refractivity contribution in [1.82, 2.24) is 10.2 Å². The zero-order valence-corrected chi connectivity index (χ0v) is 9.70. The smallest absolute Gasteiger partial charge is 0.320 e. The molecule has 1 rings (SSSR count). The quantitative estimate of drug-likeness (QED) is 0.710. The molecule has 0 bridgehead atoms. The summed E-state index contributed by atoms with van der Waals surface area (Å²) < 4.78 is 0. The van der Waals surface area contributed by atoms with Crippen LogP contribution in [0.3, 0.4) is 0 Å². The van der Waals surface area contributed by atoms with Crippen LogP contribution in [0.25, 0.3) is 0 Å². The first-order valence-corrected chi connectivity index (χ1v) is 5.78. The molecule has 1 aliphatic heterocycles. The van der Waals surface area contributed by atoms with Crippen molar-refractivity contribution in [3.63, 3.8) is 0 Å². The van der Waals surface area contributed by atoms with Crippen molar-refractivity contribution in [3.8, 4) is 0 Å². The number of nitrogens with zero attached hydrogens (tertiary/aromatic N) is 1. The molecule has 0 spiro atoms. The van der Waals surface area contributed by atoms with E-state index in [4.69, 9.17) is 5.11 Å². The van der Waals surface area contributed by atoms with Crippen molar-refractivity contribution in [1.29, 1.82) is 0 Å². The minimum absolute atomic E-state index is 0.358. The van der Waals surface area contributed by atoms with Crippen molar-refractivity contribution in [2.24, 2.45) is 5.92 Å². The fourth-order valence-electron chi connectivity index (χ4n) is 2.15. The number of nitrogens with one attached hydrogen (secondary N) is 1. The third-order valence-corrected chi connectivity index (χ3v) is 3.16. The predicted molar refractivity (Wildman–Crippen MR) is 59.9 cm³/mol. The number of rotatable bonds is 5. The number of carboxylic acid groups (broad SMARTS) is 1. The molecule has 0 saturated carbocycles. The second kappa shape index (κ2) is 6.08. The van der Waals surface area contributed by atoms with Gasteiger partial charge < -0.3 is 15.3 Å². The molecule has 2 N–H and O–H groups in total. The summed E-state index contributed by atoms with van der Waals surface area (Å²) in [5.74, 6) is -0.142. The van der Waals surface area contributed by atoms with E-state index in [9.17, 15) is 4.79 Å². The van der Waals surface area contributed by atoms with Gasteiger partial charge in [-0.15, -0.1) is 0 Å². The summed E-state index contributed by atoms with van der Waals surface area (Å²) in [6.45, 7) is 4.88. The molecule has 88 valence electrons. The molecule has 1 unspecified atom stereocenters. The monoisotopic (exact) mass is 214 g/mol. The van der Waals surface area contributed by atoms with Crippen LogP contribution in [0.1, 0.15) is 26.2 Å². The van der Waals surface area contributed by atoms with Crippen LogP contribution >= 0.6 is 0 Å². The molecule has 1 atom stereocenters. The van der Waals surface area contributed by atoms with Crippen molar-refractivity contribution >= 4 is 5.97 Å². The average Bonchev–Trinajstić information content (AvgIpc) is 2.20. The standard InChI is InChI=1S/C11H22N2O2/c1-3-12-10(11(14)15)8-9-4-6-13(2)7-5-9/h9-10,12H,3-8H2,1-2H3,(H,14,15). The van der Waals surface area contributed by atoms with E-state index in [1.54, 1.807) is 0 Å². The Morgan fingerprint density at radius 2 is 2.13 bits per heavy atom. The Morgan fingerprint density at radius 3 is 2.60 bits per heavy atom. The number of aliphatic carboxylic acids is 1. The zero-order chi connectivity index (χ0) is 11.3. The second-order valence-corrected chi connectivity index (χ2v) is 4.43. The van der Waals surface area contributed by atoms with Crippen molar-refractivity contribution in [2.45, 2.75) is 32.2 Å². The molecule has 0 aromatic rings. The van der Waals surface area contributed by atoms with E-state index in [1.165, 1.54) is 0 Å². The lowest BCUT2D eigenvalue weighted by Gasteiger charge is -2.30. The lowest BCUT2D eigenvalue weighted by Crippen LogP contribution is -2.40. The number of likely N-dealkylation sites (N-methyl/N-ethyl adjacent to an activating group) is 1. The Hall–Kier alpha value is -0.610. The highest BCUT2D eigenvalue weighted by molar-refractivity contribution is 5.73. The van der Waals surface area contributed by atoms with Crippen LogP contribution in [0.4, 0.5) is 0 Å². The number of likely N-dealkylation sites (tertiary alicyclic amines) is 1. The van der Waals surface area contributed by atoms with Gasteiger partial charge in [0, 0.05) is 0 Å². The highest BCUT2D eigenvalue weighted by atomic mass is 16.4. The lowest BCUT2D eigenvalue weighted by atomic mass is 9.90. The summed E-state index contributed by atoms with van der Waals surface area (Å²) in [4.78, 5) is 13.3. The maximum atomic E-state index is 11.0. The Kier molecular flexibility index (Phi) is 5.05. The number of hydrogen-bond donors (Lipinski definition) is 2. The van der Waals surface area contributed by atoms with Gasteiger partial charge in [0.05, 0.1) is 0 Å². The highest BCUT2D eigenvalue weighted by Crippen LogP contribution is 2.21. The summed E-state index contributed by atoms with van der Waals surface area (Å²) in [6.07, 6.45) is 3.04. The van der Waals surface area contributed by atoms with Gasteiger partial charge >= 0.3 is 5.97 Å². The summed E-state index contributed by atoms with van der Waals surface area (Å²) >= 11 is 0. The van der Waals surface area contributed by atoms with Crippen LogP contribution in [0, 0.1) is 5.92 Å². The van der Waals surface area contributed by atoms with Gasteiger partial charge in [-0.25, -0.2) is 0 Å². The normalized spacial score (nSPS) is 21.5. The van der Waals surface area contributed by atoms with Gasteiger partial charge in [0.25, 0.3) is 0 Å². The maximum Gasteiger partial charge on any atom is 0.320 e. The number of piperidine rings is 1. The molecule has 0 aromatic heterocycles. The maximum absolute atomic E-state index is 11.0. The summed E-state index contributed by atoms with van der Waals surface area (Å²) in [5.41, 5.74) is 0. The van der Waals surface area contributed by atoms with Gasteiger partial charge in [0.15, 0.2) is 0 Å². The van der Waals surface area contributed by atoms with E-state index in [2.05, 4.69) is 17.3 Å². The van der Waals surface area contributed by atoms with E-state index in [1.807, 2.05) is 6.92 Å².